The van der Waals surface area contributed by atoms with E-state index in [0.717, 1.165) is 31.4 Å². The molecule has 1 fully saturated rings. The van der Waals surface area contributed by atoms with Crippen LogP contribution in [0.4, 0.5) is 0 Å². The monoisotopic (exact) mass is 267 g/mol. The second-order valence-corrected chi connectivity index (χ2v) is 5.05. The standard InChI is InChI=1S/C13H14ClNO3/c14-12(10-3-1-2-6-17-10)8-4-5-9-11(7-8)18-13(16)15-9/h4-5,7,10,12H,1-3,6H2,(H,15,16). The van der Waals surface area contributed by atoms with E-state index in [0.29, 0.717) is 11.1 Å². The van der Waals surface area contributed by atoms with Gasteiger partial charge in [-0.05, 0) is 37.0 Å². The molecule has 0 amide bonds. The molecule has 0 radical (unpaired) electrons. The molecular formula is C13H14ClNO3. The zero-order chi connectivity index (χ0) is 12.5. The highest BCUT2D eigenvalue weighted by Crippen LogP contribution is 2.32. The zero-order valence-electron chi connectivity index (χ0n) is 9.82. The number of fused-ring (bicyclic) bond motifs is 1. The van der Waals surface area contributed by atoms with Crippen molar-refractivity contribution in [2.45, 2.75) is 30.7 Å². The predicted octanol–water partition coefficient (Wildman–Crippen LogP) is 2.97. The number of benzene rings is 1. The van der Waals surface area contributed by atoms with Crippen LogP contribution in [0.15, 0.2) is 27.4 Å². The molecule has 0 spiro atoms. The summed E-state index contributed by atoms with van der Waals surface area (Å²) in [7, 11) is 0. The molecule has 0 saturated carbocycles. The van der Waals surface area contributed by atoms with Crippen LogP contribution >= 0.6 is 11.6 Å². The smallest absolute Gasteiger partial charge is 0.408 e. The molecule has 96 valence electrons. The molecule has 1 aliphatic heterocycles. The Labute approximate surface area is 109 Å². The SMILES string of the molecule is O=c1[nH]c2ccc(C(Cl)C3CCCCO3)cc2o1. The van der Waals surface area contributed by atoms with E-state index in [-0.39, 0.29) is 11.5 Å². The van der Waals surface area contributed by atoms with Gasteiger partial charge in [-0.2, -0.15) is 0 Å². The first-order chi connectivity index (χ1) is 8.74. The highest BCUT2D eigenvalue weighted by atomic mass is 35.5. The third-order valence-corrected chi connectivity index (χ3v) is 3.84. The molecule has 2 aromatic rings. The Hall–Kier alpha value is -1.26. The van der Waals surface area contributed by atoms with E-state index in [9.17, 15) is 4.79 Å². The molecule has 2 unspecified atom stereocenters. The fourth-order valence-electron chi connectivity index (χ4n) is 2.34. The average molecular weight is 268 g/mol. The Morgan fingerprint density at radius 2 is 2.28 bits per heavy atom. The van der Waals surface area contributed by atoms with Crippen LogP contribution in [0.25, 0.3) is 11.1 Å². The summed E-state index contributed by atoms with van der Waals surface area (Å²) in [5.41, 5.74) is 2.16. The largest absolute Gasteiger partial charge is 0.417 e. The lowest BCUT2D eigenvalue weighted by molar-refractivity contribution is 0.0136. The molecule has 4 nitrogen and oxygen atoms in total. The van der Waals surface area contributed by atoms with Crippen molar-refractivity contribution in [2.24, 2.45) is 0 Å². The lowest BCUT2D eigenvalue weighted by atomic mass is 10.0. The molecule has 1 N–H and O–H groups in total. The van der Waals surface area contributed by atoms with E-state index in [1.807, 2.05) is 18.2 Å². The Kier molecular flexibility index (Phi) is 3.14. The second-order valence-electron chi connectivity index (χ2n) is 4.58. The van der Waals surface area contributed by atoms with Gasteiger partial charge in [-0.3, -0.25) is 4.98 Å². The van der Waals surface area contributed by atoms with Crippen LogP contribution in [0.2, 0.25) is 0 Å². The average Bonchev–Trinajstić information content (AvgIpc) is 2.78. The Balaban J connectivity index is 1.90. The fraction of sp³-hybridized carbons (Fsp3) is 0.462. The van der Waals surface area contributed by atoms with E-state index < -0.39 is 5.76 Å². The minimum absolute atomic E-state index is 0.0449. The first-order valence-electron chi connectivity index (χ1n) is 6.12. The van der Waals surface area contributed by atoms with Gasteiger partial charge in [-0.1, -0.05) is 6.07 Å². The Morgan fingerprint density at radius 3 is 3.06 bits per heavy atom. The highest BCUT2D eigenvalue weighted by Gasteiger charge is 2.24. The molecule has 5 heteroatoms. The molecule has 2 atom stereocenters. The van der Waals surface area contributed by atoms with E-state index in [1.54, 1.807) is 0 Å². The predicted molar refractivity (Wildman–Crippen MR) is 69.0 cm³/mol. The number of oxazole rings is 1. The minimum atomic E-state index is -0.442. The summed E-state index contributed by atoms with van der Waals surface area (Å²) < 4.78 is 10.7. The van der Waals surface area contributed by atoms with E-state index >= 15 is 0 Å². The van der Waals surface area contributed by atoms with Crippen molar-refractivity contribution in [3.05, 3.63) is 34.3 Å². The molecule has 0 bridgehead atoms. The first-order valence-corrected chi connectivity index (χ1v) is 6.56. The van der Waals surface area contributed by atoms with Crippen molar-refractivity contribution in [3.8, 4) is 0 Å². The van der Waals surface area contributed by atoms with Crippen LogP contribution < -0.4 is 5.76 Å². The molecular weight excluding hydrogens is 254 g/mol. The molecule has 18 heavy (non-hydrogen) atoms. The van der Waals surface area contributed by atoms with Crippen LogP contribution in [0, 0.1) is 0 Å². The maximum Gasteiger partial charge on any atom is 0.417 e. The molecule has 1 aliphatic rings. The van der Waals surface area contributed by atoms with Crippen LogP contribution in [-0.2, 0) is 4.74 Å². The van der Waals surface area contributed by atoms with Gasteiger partial charge in [0.15, 0.2) is 5.58 Å². The van der Waals surface area contributed by atoms with Crippen molar-refractivity contribution >= 4 is 22.7 Å². The van der Waals surface area contributed by atoms with Crippen molar-refractivity contribution in [2.75, 3.05) is 6.61 Å². The Bertz CT molecular complexity index is 598. The van der Waals surface area contributed by atoms with Crippen LogP contribution in [0.3, 0.4) is 0 Å². The van der Waals surface area contributed by atoms with Crippen molar-refractivity contribution < 1.29 is 9.15 Å². The lowest BCUT2D eigenvalue weighted by Gasteiger charge is -2.26. The van der Waals surface area contributed by atoms with Crippen LogP contribution in [-0.4, -0.2) is 17.7 Å². The summed E-state index contributed by atoms with van der Waals surface area (Å²) >= 11 is 6.44. The number of alkyl halides is 1. The normalized spacial score (nSPS) is 22.2. The number of halogens is 1. The number of hydrogen-bond donors (Lipinski definition) is 1. The van der Waals surface area contributed by atoms with Crippen LogP contribution in [0.1, 0.15) is 30.2 Å². The van der Waals surface area contributed by atoms with Crippen molar-refractivity contribution in [3.63, 3.8) is 0 Å². The summed E-state index contributed by atoms with van der Waals surface area (Å²) in [4.78, 5) is 13.7. The number of rotatable bonds is 2. The van der Waals surface area contributed by atoms with Crippen molar-refractivity contribution in [1.29, 1.82) is 0 Å². The quantitative estimate of drug-likeness (QED) is 0.851. The highest BCUT2D eigenvalue weighted by molar-refractivity contribution is 6.21. The molecule has 0 aliphatic carbocycles. The molecule has 1 saturated heterocycles. The van der Waals surface area contributed by atoms with Gasteiger partial charge in [0, 0.05) is 6.61 Å². The van der Waals surface area contributed by atoms with Gasteiger partial charge >= 0.3 is 5.76 Å². The topological polar surface area (TPSA) is 55.2 Å². The summed E-state index contributed by atoms with van der Waals surface area (Å²) in [6.45, 7) is 0.773. The number of nitrogens with one attached hydrogen (secondary N) is 1. The molecule has 2 heterocycles. The number of H-pyrrole nitrogens is 1. The van der Waals surface area contributed by atoms with Gasteiger partial charge in [0.05, 0.1) is 17.0 Å². The van der Waals surface area contributed by atoms with E-state index in [2.05, 4.69) is 4.98 Å². The molecule has 1 aromatic heterocycles. The maximum atomic E-state index is 11.1. The van der Waals surface area contributed by atoms with Gasteiger partial charge in [0.2, 0.25) is 0 Å². The lowest BCUT2D eigenvalue weighted by Crippen LogP contribution is -2.23. The van der Waals surface area contributed by atoms with Gasteiger partial charge in [0.25, 0.3) is 0 Å². The summed E-state index contributed by atoms with van der Waals surface area (Å²) in [5.74, 6) is -0.442. The summed E-state index contributed by atoms with van der Waals surface area (Å²) in [6.07, 6.45) is 3.27. The third-order valence-electron chi connectivity index (χ3n) is 3.30. The van der Waals surface area contributed by atoms with Crippen molar-refractivity contribution in [1.82, 2.24) is 4.98 Å². The zero-order valence-corrected chi connectivity index (χ0v) is 10.6. The van der Waals surface area contributed by atoms with E-state index in [1.165, 1.54) is 0 Å². The summed E-state index contributed by atoms with van der Waals surface area (Å²) in [6, 6.07) is 5.53. The Morgan fingerprint density at radius 1 is 1.39 bits per heavy atom. The van der Waals surface area contributed by atoms with Gasteiger partial charge in [0.1, 0.15) is 0 Å². The minimum Gasteiger partial charge on any atom is -0.408 e. The third kappa shape index (κ3) is 2.18. The number of hydrogen-bond acceptors (Lipinski definition) is 3. The summed E-state index contributed by atoms with van der Waals surface area (Å²) in [5, 5.41) is -0.199. The maximum absolute atomic E-state index is 11.1. The van der Waals surface area contributed by atoms with Gasteiger partial charge in [-0.25, -0.2) is 4.79 Å². The second kappa shape index (κ2) is 4.78. The first kappa shape index (κ1) is 11.8. The molecule has 1 aromatic carbocycles. The van der Waals surface area contributed by atoms with Gasteiger partial charge in [-0.15, -0.1) is 11.6 Å². The fourth-order valence-corrected chi connectivity index (χ4v) is 2.68. The van der Waals surface area contributed by atoms with E-state index in [4.69, 9.17) is 20.8 Å². The number of aromatic nitrogens is 1. The van der Waals surface area contributed by atoms with Gasteiger partial charge < -0.3 is 9.15 Å². The van der Waals surface area contributed by atoms with Crippen LogP contribution in [0.5, 0.6) is 0 Å². The number of aromatic amines is 1. The number of ether oxygens (including phenoxy) is 1. The molecule has 3 rings (SSSR count).